The number of halogens is 2. The zero-order valence-corrected chi connectivity index (χ0v) is 21.5. The lowest BCUT2D eigenvalue weighted by Gasteiger charge is -2.32. The van der Waals surface area contributed by atoms with Gasteiger partial charge in [0.25, 0.3) is 5.91 Å². The summed E-state index contributed by atoms with van der Waals surface area (Å²) in [6, 6.07) is 18.6. The molecule has 1 atom stereocenters. The standard InChI is InChI=1S/C28H30F2N2O4S/c1-31-13-7-8-14-32(37(34,35)20-22-15-23(29)18-24(30)16-22)25(17-21-9-3-2-4-10-21)19-36-27-12-6-5-11-26(27)28(31)33/h2-6,9-12,15-16,18,25H,7-8,13-14,17,19-20H2,1H3/t25-/m0/s1. The molecule has 1 heterocycles. The average Bonchev–Trinajstić information content (AvgIpc) is 2.85. The Kier molecular flexibility index (Phi) is 8.56. The quantitative estimate of drug-likeness (QED) is 0.484. The summed E-state index contributed by atoms with van der Waals surface area (Å²) in [6.07, 6.45) is 1.46. The maximum absolute atomic E-state index is 13.8. The van der Waals surface area contributed by atoms with Crippen molar-refractivity contribution in [3.8, 4) is 5.75 Å². The molecule has 3 aromatic carbocycles. The molecule has 0 N–H and O–H groups in total. The maximum atomic E-state index is 13.8. The molecule has 0 saturated carbocycles. The Bertz CT molecular complexity index is 1310. The van der Waals surface area contributed by atoms with Gasteiger partial charge in [-0.25, -0.2) is 17.2 Å². The van der Waals surface area contributed by atoms with E-state index in [0.717, 1.165) is 17.7 Å². The van der Waals surface area contributed by atoms with Gasteiger partial charge in [0.15, 0.2) is 0 Å². The zero-order chi connectivity index (χ0) is 26.4. The van der Waals surface area contributed by atoms with E-state index in [9.17, 15) is 22.0 Å². The molecule has 6 nitrogen and oxygen atoms in total. The molecule has 1 amide bonds. The van der Waals surface area contributed by atoms with Crippen molar-refractivity contribution in [3.63, 3.8) is 0 Å². The SMILES string of the molecule is CN1CCCCN(S(=O)(=O)Cc2cc(F)cc(F)c2)[C@@H](Cc2ccccc2)COc2ccccc2C1=O. The highest BCUT2D eigenvalue weighted by Crippen LogP contribution is 2.24. The molecule has 0 saturated heterocycles. The lowest BCUT2D eigenvalue weighted by atomic mass is 10.1. The topological polar surface area (TPSA) is 66.9 Å². The van der Waals surface area contributed by atoms with Crippen molar-refractivity contribution in [2.24, 2.45) is 0 Å². The molecule has 0 fully saturated rings. The molecule has 4 rings (SSSR count). The van der Waals surface area contributed by atoms with Gasteiger partial charge in [0.2, 0.25) is 10.0 Å². The molecule has 3 aromatic rings. The molecule has 0 aromatic heterocycles. The van der Waals surface area contributed by atoms with Crippen LogP contribution in [0.15, 0.2) is 72.8 Å². The first-order valence-electron chi connectivity index (χ1n) is 12.2. The molecule has 0 unspecified atom stereocenters. The number of rotatable bonds is 5. The molecular weight excluding hydrogens is 498 g/mol. The molecule has 0 spiro atoms. The predicted molar refractivity (Wildman–Crippen MR) is 138 cm³/mol. The summed E-state index contributed by atoms with van der Waals surface area (Å²) in [5, 5.41) is 0. The monoisotopic (exact) mass is 528 g/mol. The number of hydrogen-bond donors (Lipinski definition) is 0. The minimum atomic E-state index is -3.99. The first-order valence-corrected chi connectivity index (χ1v) is 13.8. The average molecular weight is 529 g/mol. The molecule has 1 aliphatic rings. The summed E-state index contributed by atoms with van der Waals surface area (Å²) in [5.41, 5.74) is 1.37. The number of carbonyl (C=O) groups is 1. The Morgan fingerprint density at radius 2 is 1.54 bits per heavy atom. The van der Waals surface area contributed by atoms with Crippen molar-refractivity contribution in [2.75, 3.05) is 26.7 Å². The second-order valence-corrected chi connectivity index (χ2v) is 11.2. The molecule has 1 aliphatic heterocycles. The fourth-order valence-electron chi connectivity index (χ4n) is 4.55. The van der Waals surface area contributed by atoms with Gasteiger partial charge in [-0.3, -0.25) is 4.79 Å². The van der Waals surface area contributed by atoms with Crippen LogP contribution in [0.4, 0.5) is 8.78 Å². The van der Waals surface area contributed by atoms with E-state index in [4.69, 9.17) is 4.74 Å². The third-order valence-electron chi connectivity index (χ3n) is 6.37. The Hall–Kier alpha value is -3.30. The number of benzene rings is 3. The van der Waals surface area contributed by atoms with Crippen LogP contribution in [0.1, 0.15) is 34.3 Å². The van der Waals surface area contributed by atoms with Crippen molar-refractivity contribution in [3.05, 3.63) is 101 Å². The second-order valence-electron chi connectivity index (χ2n) is 9.23. The summed E-state index contributed by atoms with van der Waals surface area (Å²) in [4.78, 5) is 14.6. The lowest BCUT2D eigenvalue weighted by molar-refractivity contribution is 0.0781. The highest BCUT2D eigenvalue weighted by atomic mass is 32.2. The van der Waals surface area contributed by atoms with Gasteiger partial charge < -0.3 is 9.64 Å². The van der Waals surface area contributed by atoms with Crippen LogP contribution in [-0.2, 0) is 22.2 Å². The van der Waals surface area contributed by atoms with Crippen molar-refractivity contribution in [1.82, 2.24) is 9.21 Å². The van der Waals surface area contributed by atoms with Crippen LogP contribution >= 0.6 is 0 Å². The number of para-hydroxylation sites is 1. The van der Waals surface area contributed by atoms with E-state index in [1.54, 1.807) is 36.2 Å². The molecule has 196 valence electrons. The lowest BCUT2D eigenvalue weighted by Crippen LogP contribution is -2.46. The number of amides is 1. The fourth-order valence-corrected chi connectivity index (χ4v) is 6.30. The minimum Gasteiger partial charge on any atom is -0.491 e. The van der Waals surface area contributed by atoms with Crippen molar-refractivity contribution < 1.29 is 26.7 Å². The van der Waals surface area contributed by atoms with Gasteiger partial charge in [-0.2, -0.15) is 4.31 Å². The molecule has 0 radical (unpaired) electrons. The van der Waals surface area contributed by atoms with E-state index in [1.165, 1.54) is 4.31 Å². The van der Waals surface area contributed by atoms with E-state index in [0.29, 0.717) is 43.2 Å². The van der Waals surface area contributed by atoms with Crippen LogP contribution in [0, 0.1) is 11.6 Å². The Balaban J connectivity index is 1.71. The van der Waals surface area contributed by atoms with Crippen LogP contribution in [0.3, 0.4) is 0 Å². The summed E-state index contributed by atoms with van der Waals surface area (Å²) in [5.74, 6) is -1.97. The van der Waals surface area contributed by atoms with E-state index in [2.05, 4.69) is 0 Å². The first-order chi connectivity index (χ1) is 17.7. The van der Waals surface area contributed by atoms with Crippen molar-refractivity contribution in [2.45, 2.75) is 31.1 Å². The molecule has 0 bridgehead atoms. The number of carbonyl (C=O) groups excluding carboxylic acids is 1. The van der Waals surface area contributed by atoms with Crippen molar-refractivity contribution in [1.29, 1.82) is 0 Å². The van der Waals surface area contributed by atoms with Crippen LogP contribution < -0.4 is 4.74 Å². The summed E-state index contributed by atoms with van der Waals surface area (Å²) in [6.45, 7) is 0.629. The van der Waals surface area contributed by atoms with Gasteiger partial charge in [-0.1, -0.05) is 42.5 Å². The number of hydrogen-bond acceptors (Lipinski definition) is 4. The second kappa shape index (κ2) is 11.8. The maximum Gasteiger partial charge on any atom is 0.257 e. The van der Waals surface area contributed by atoms with Gasteiger partial charge in [0.1, 0.15) is 24.0 Å². The van der Waals surface area contributed by atoms with Gasteiger partial charge in [0.05, 0.1) is 17.4 Å². The van der Waals surface area contributed by atoms with E-state index in [-0.39, 0.29) is 24.6 Å². The van der Waals surface area contributed by atoms with E-state index >= 15 is 0 Å². The van der Waals surface area contributed by atoms with Gasteiger partial charge in [-0.15, -0.1) is 0 Å². The van der Waals surface area contributed by atoms with Crippen LogP contribution in [0.2, 0.25) is 0 Å². The van der Waals surface area contributed by atoms with E-state index < -0.39 is 33.5 Å². The van der Waals surface area contributed by atoms with Crippen molar-refractivity contribution >= 4 is 15.9 Å². The first kappa shape index (κ1) is 26.8. The summed E-state index contributed by atoms with van der Waals surface area (Å²) >= 11 is 0. The predicted octanol–water partition coefficient (Wildman–Crippen LogP) is 4.65. The highest BCUT2D eigenvalue weighted by molar-refractivity contribution is 7.88. The van der Waals surface area contributed by atoms with Gasteiger partial charge >= 0.3 is 0 Å². The Morgan fingerprint density at radius 3 is 2.27 bits per heavy atom. The van der Waals surface area contributed by atoms with E-state index in [1.807, 2.05) is 30.3 Å². The van der Waals surface area contributed by atoms with Crippen LogP contribution in [0.5, 0.6) is 5.75 Å². The number of ether oxygens (including phenoxy) is 1. The molecule has 9 heteroatoms. The fraction of sp³-hybridized carbons (Fsp3) is 0.321. The number of nitrogens with zero attached hydrogens (tertiary/aromatic N) is 2. The van der Waals surface area contributed by atoms with Crippen LogP contribution in [-0.4, -0.2) is 56.3 Å². The minimum absolute atomic E-state index is 0.000353. The zero-order valence-electron chi connectivity index (χ0n) is 20.6. The Morgan fingerprint density at radius 1 is 0.892 bits per heavy atom. The summed E-state index contributed by atoms with van der Waals surface area (Å²) in [7, 11) is -2.29. The highest BCUT2D eigenvalue weighted by Gasteiger charge is 2.32. The van der Waals surface area contributed by atoms with Crippen LogP contribution in [0.25, 0.3) is 0 Å². The summed E-state index contributed by atoms with van der Waals surface area (Å²) < 4.78 is 62.6. The largest absolute Gasteiger partial charge is 0.491 e. The number of fused-ring (bicyclic) bond motifs is 1. The third-order valence-corrected chi connectivity index (χ3v) is 8.26. The van der Waals surface area contributed by atoms with Gasteiger partial charge in [0, 0.05) is 26.2 Å². The van der Waals surface area contributed by atoms with Gasteiger partial charge in [-0.05, 0) is 54.7 Å². The normalized spacial score (nSPS) is 17.9. The molecule has 0 aliphatic carbocycles. The number of sulfonamides is 1. The molecular formula is C28H30F2N2O4S. The third kappa shape index (κ3) is 6.93. The smallest absolute Gasteiger partial charge is 0.257 e. The molecule has 37 heavy (non-hydrogen) atoms. The Labute approximate surface area is 216 Å².